The van der Waals surface area contributed by atoms with Crippen molar-refractivity contribution in [1.82, 2.24) is 14.6 Å². The number of ether oxygens (including phenoxy) is 1. The third kappa shape index (κ3) is 5.87. The minimum Gasteiger partial charge on any atom is -0.405 e. The second-order valence-electron chi connectivity index (χ2n) is 8.33. The number of hydrogen-bond acceptors (Lipinski definition) is 5. The Kier molecular flexibility index (Phi) is 7.87. The first-order chi connectivity index (χ1) is 16.0. The van der Waals surface area contributed by atoms with Crippen LogP contribution in [0, 0.1) is 0 Å². The second-order valence-corrected chi connectivity index (χ2v) is 10.4. The zero-order chi connectivity index (χ0) is 25.0. The zero-order valence-electron chi connectivity index (χ0n) is 19.0. The van der Waals surface area contributed by atoms with Gasteiger partial charge in [0.1, 0.15) is 5.75 Å². The first kappa shape index (κ1) is 26.0. The molecule has 1 aromatic carbocycles. The molecule has 0 radical (unpaired) electrons. The van der Waals surface area contributed by atoms with E-state index in [1.807, 2.05) is 12.1 Å². The maximum atomic E-state index is 13.0. The predicted octanol–water partition coefficient (Wildman–Crippen LogP) is 3.87. The fourth-order valence-corrected chi connectivity index (χ4v) is 5.91. The van der Waals surface area contributed by atoms with Gasteiger partial charge in [-0.2, -0.15) is 0 Å². The van der Waals surface area contributed by atoms with Gasteiger partial charge in [-0.1, -0.05) is 25.1 Å². The summed E-state index contributed by atoms with van der Waals surface area (Å²) < 4.78 is 69.0. The number of nitrogens with zero attached hydrogens (tertiary/aromatic N) is 2. The average Bonchev–Trinajstić information content (AvgIpc) is 2.79. The number of aromatic nitrogens is 1. The van der Waals surface area contributed by atoms with Crippen LogP contribution in [-0.4, -0.2) is 54.9 Å². The molecule has 1 N–H and O–H groups in total. The van der Waals surface area contributed by atoms with Gasteiger partial charge in [0, 0.05) is 36.4 Å². The molecule has 186 valence electrons. The molecule has 1 aliphatic rings. The lowest BCUT2D eigenvalue weighted by molar-refractivity contribution is -0.274. The SMILES string of the molecule is CCCS(=O)(=O)N1CCC(c2ccccn2)([C@@H](C)NC(=O)c2ccccc2OC(F)(F)F)CC1. The topological polar surface area (TPSA) is 88.6 Å². The van der Waals surface area contributed by atoms with Gasteiger partial charge in [0.05, 0.1) is 11.3 Å². The summed E-state index contributed by atoms with van der Waals surface area (Å²) >= 11 is 0. The summed E-state index contributed by atoms with van der Waals surface area (Å²) in [5.74, 6) is -1.25. The Morgan fingerprint density at radius 3 is 2.41 bits per heavy atom. The van der Waals surface area contributed by atoms with Crippen molar-refractivity contribution < 1.29 is 31.1 Å². The van der Waals surface area contributed by atoms with E-state index in [2.05, 4.69) is 15.0 Å². The molecule has 1 amide bonds. The number of sulfonamides is 1. The third-order valence-corrected chi connectivity index (χ3v) is 8.26. The summed E-state index contributed by atoms with van der Waals surface area (Å²) in [6, 6.07) is 9.98. The van der Waals surface area contributed by atoms with E-state index in [1.54, 1.807) is 26.1 Å². The molecule has 0 unspecified atom stereocenters. The molecule has 7 nitrogen and oxygen atoms in total. The van der Waals surface area contributed by atoms with Gasteiger partial charge in [0.15, 0.2) is 0 Å². The standard InChI is InChI=1S/C23H28F3N3O4S/c1-3-16-34(31,32)29-14-11-22(12-15-29,20-10-6-7-13-27-20)17(2)28-21(30)18-8-4-5-9-19(18)33-23(24,25)26/h4-10,13,17H,3,11-12,14-16H2,1-2H3,(H,28,30)/t17-/m1/s1. The fourth-order valence-electron chi connectivity index (χ4n) is 4.40. The van der Waals surface area contributed by atoms with Crippen molar-refractivity contribution in [2.75, 3.05) is 18.8 Å². The summed E-state index contributed by atoms with van der Waals surface area (Å²) in [7, 11) is -3.38. The van der Waals surface area contributed by atoms with Crippen LogP contribution in [0.15, 0.2) is 48.7 Å². The molecular weight excluding hydrogens is 471 g/mol. The van der Waals surface area contributed by atoms with E-state index < -0.39 is 39.5 Å². The highest BCUT2D eigenvalue weighted by atomic mass is 32.2. The van der Waals surface area contributed by atoms with Crippen molar-refractivity contribution in [2.24, 2.45) is 0 Å². The van der Waals surface area contributed by atoms with Gasteiger partial charge in [0.2, 0.25) is 10.0 Å². The largest absolute Gasteiger partial charge is 0.573 e. The monoisotopic (exact) mass is 499 g/mol. The highest BCUT2D eigenvalue weighted by Crippen LogP contribution is 2.39. The Morgan fingerprint density at radius 1 is 1.18 bits per heavy atom. The number of carbonyl (C=O) groups excluding carboxylic acids is 1. The molecule has 1 atom stereocenters. The van der Waals surface area contributed by atoms with Crippen molar-refractivity contribution in [3.63, 3.8) is 0 Å². The number of alkyl halides is 3. The lowest BCUT2D eigenvalue weighted by atomic mass is 9.70. The number of pyridine rings is 1. The Labute approximate surface area is 197 Å². The van der Waals surface area contributed by atoms with Crippen molar-refractivity contribution in [3.05, 3.63) is 59.9 Å². The van der Waals surface area contributed by atoms with Crippen LogP contribution in [0.3, 0.4) is 0 Å². The lowest BCUT2D eigenvalue weighted by Gasteiger charge is -2.45. The number of carbonyl (C=O) groups is 1. The van der Waals surface area contributed by atoms with Crippen molar-refractivity contribution in [3.8, 4) is 5.75 Å². The molecule has 0 bridgehead atoms. The summed E-state index contributed by atoms with van der Waals surface area (Å²) in [6.45, 7) is 4.08. The predicted molar refractivity (Wildman–Crippen MR) is 121 cm³/mol. The highest BCUT2D eigenvalue weighted by molar-refractivity contribution is 7.89. The number of amides is 1. The van der Waals surface area contributed by atoms with E-state index in [-0.39, 0.29) is 24.4 Å². The van der Waals surface area contributed by atoms with Crippen LogP contribution < -0.4 is 10.1 Å². The van der Waals surface area contributed by atoms with Gasteiger partial charge < -0.3 is 10.1 Å². The molecule has 11 heteroatoms. The average molecular weight is 500 g/mol. The summed E-state index contributed by atoms with van der Waals surface area (Å²) in [4.78, 5) is 17.5. The van der Waals surface area contributed by atoms with Crippen LogP contribution in [0.5, 0.6) is 5.75 Å². The molecule has 1 aromatic heterocycles. The summed E-state index contributed by atoms with van der Waals surface area (Å²) in [5, 5.41) is 2.82. The number of rotatable bonds is 8. The molecule has 2 aromatic rings. The van der Waals surface area contributed by atoms with Crippen molar-refractivity contribution >= 4 is 15.9 Å². The van der Waals surface area contributed by atoms with E-state index in [0.29, 0.717) is 25.0 Å². The number of para-hydroxylation sites is 1. The molecule has 1 aliphatic heterocycles. The number of piperidine rings is 1. The van der Waals surface area contributed by atoms with Crippen LogP contribution in [0.4, 0.5) is 13.2 Å². The van der Waals surface area contributed by atoms with Gasteiger partial charge in [-0.3, -0.25) is 9.78 Å². The van der Waals surface area contributed by atoms with Crippen molar-refractivity contribution in [1.29, 1.82) is 0 Å². The smallest absolute Gasteiger partial charge is 0.405 e. The Balaban J connectivity index is 1.86. The summed E-state index contributed by atoms with van der Waals surface area (Å²) in [5.41, 5.74) is -0.254. The minimum atomic E-state index is -4.94. The molecule has 0 spiro atoms. The molecule has 1 fully saturated rings. The molecule has 34 heavy (non-hydrogen) atoms. The van der Waals surface area contributed by atoms with Gasteiger partial charge in [0.25, 0.3) is 5.91 Å². The van der Waals surface area contributed by atoms with Crippen LogP contribution in [0.25, 0.3) is 0 Å². The quantitative estimate of drug-likeness (QED) is 0.596. The molecule has 3 rings (SSSR count). The Bertz CT molecular complexity index is 1090. The maximum absolute atomic E-state index is 13.0. The van der Waals surface area contributed by atoms with Crippen molar-refractivity contribution in [2.45, 2.75) is 50.9 Å². The first-order valence-corrected chi connectivity index (χ1v) is 12.6. The highest BCUT2D eigenvalue weighted by Gasteiger charge is 2.45. The molecule has 0 aliphatic carbocycles. The Hall–Kier alpha value is -2.66. The zero-order valence-corrected chi connectivity index (χ0v) is 19.8. The normalized spacial score (nSPS) is 17.7. The summed E-state index contributed by atoms with van der Waals surface area (Å²) in [6.07, 6.45) is -2.01. The van der Waals surface area contributed by atoms with Crippen LogP contribution in [-0.2, 0) is 15.4 Å². The fraction of sp³-hybridized carbons (Fsp3) is 0.478. The molecule has 2 heterocycles. The van der Waals surface area contributed by atoms with E-state index in [0.717, 1.165) is 6.07 Å². The van der Waals surface area contributed by atoms with Gasteiger partial charge in [-0.25, -0.2) is 12.7 Å². The molecule has 0 saturated carbocycles. The lowest BCUT2D eigenvalue weighted by Crippen LogP contribution is -2.55. The Morgan fingerprint density at radius 2 is 1.82 bits per heavy atom. The van der Waals surface area contributed by atoms with Crippen LogP contribution in [0.2, 0.25) is 0 Å². The van der Waals surface area contributed by atoms with E-state index in [1.165, 1.54) is 22.5 Å². The number of nitrogens with one attached hydrogen (secondary N) is 1. The number of halogens is 3. The third-order valence-electron chi connectivity index (χ3n) is 6.18. The maximum Gasteiger partial charge on any atom is 0.573 e. The van der Waals surface area contributed by atoms with E-state index in [9.17, 15) is 26.4 Å². The van der Waals surface area contributed by atoms with Crippen LogP contribution in [0.1, 0.15) is 49.2 Å². The minimum absolute atomic E-state index is 0.0614. The van der Waals surface area contributed by atoms with Gasteiger partial charge in [-0.05, 0) is 50.5 Å². The second kappa shape index (κ2) is 10.3. The van der Waals surface area contributed by atoms with Gasteiger partial charge >= 0.3 is 6.36 Å². The van der Waals surface area contributed by atoms with Crippen LogP contribution >= 0.6 is 0 Å². The first-order valence-electron chi connectivity index (χ1n) is 11.0. The molecular formula is C23H28F3N3O4S. The van der Waals surface area contributed by atoms with Gasteiger partial charge in [-0.15, -0.1) is 13.2 Å². The molecule has 1 saturated heterocycles. The van der Waals surface area contributed by atoms with E-state index in [4.69, 9.17) is 0 Å². The number of benzene rings is 1. The number of hydrogen-bond donors (Lipinski definition) is 1. The van der Waals surface area contributed by atoms with E-state index >= 15 is 0 Å².